The molecular weight excluding hydrogens is 286 g/mol. The highest BCUT2D eigenvalue weighted by molar-refractivity contribution is 5.82. The lowest BCUT2D eigenvalue weighted by Gasteiger charge is -2.20. The third-order valence-corrected chi connectivity index (χ3v) is 3.87. The van der Waals surface area contributed by atoms with Gasteiger partial charge >= 0.3 is 5.97 Å². The molecule has 0 aliphatic heterocycles. The molecule has 0 heterocycles. The van der Waals surface area contributed by atoms with Gasteiger partial charge in [0, 0.05) is 6.42 Å². The molecule has 0 aromatic heterocycles. The molecule has 0 aliphatic rings. The van der Waals surface area contributed by atoms with Crippen LogP contribution in [0.25, 0.3) is 0 Å². The molecule has 0 saturated carbocycles. The fourth-order valence-electron chi connectivity index (χ4n) is 2.57. The minimum absolute atomic E-state index is 0.0766. The summed E-state index contributed by atoms with van der Waals surface area (Å²) in [5.41, 5.74) is 1.93. The standard InChI is InChI=1S/C20H25NO2/c1-16(14-15-21(2)3)23-20(22)19(17-10-6-4-7-11-17)18-12-8-5-9-13-18/h4-13,16,19H,14-15H2,1-3H3/p+1/t16-/m1/s1. The number of hydrogen-bond donors (Lipinski definition) is 1. The first-order valence-electron chi connectivity index (χ1n) is 8.17. The number of ether oxygens (including phenoxy) is 1. The second-order valence-electron chi connectivity index (χ2n) is 6.25. The first-order valence-corrected chi connectivity index (χ1v) is 8.17. The lowest BCUT2D eigenvalue weighted by atomic mass is 9.91. The zero-order valence-electron chi connectivity index (χ0n) is 14.2. The summed E-state index contributed by atoms with van der Waals surface area (Å²) in [6.45, 7) is 2.95. The number of quaternary nitrogens is 1. The molecule has 0 saturated heterocycles. The fourth-order valence-corrected chi connectivity index (χ4v) is 2.57. The Labute approximate surface area is 138 Å². The van der Waals surface area contributed by atoms with Crippen molar-refractivity contribution in [2.75, 3.05) is 20.6 Å². The molecule has 1 atom stereocenters. The normalized spacial score (nSPS) is 12.4. The van der Waals surface area contributed by atoms with E-state index in [1.807, 2.05) is 67.6 Å². The number of nitrogens with one attached hydrogen (secondary N) is 1. The quantitative estimate of drug-likeness (QED) is 0.795. The Hall–Kier alpha value is -2.13. The molecule has 2 rings (SSSR count). The van der Waals surface area contributed by atoms with Gasteiger partial charge in [-0.05, 0) is 18.1 Å². The van der Waals surface area contributed by atoms with Gasteiger partial charge in [0.1, 0.15) is 12.0 Å². The topological polar surface area (TPSA) is 30.7 Å². The van der Waals surface area contributed by atoms with Crippen molar-refractivity contribution in [3.8, 4) is 0 Å². The van der Waals surface area contributed by atoms with Crippen LogP contribution in [0.2, 0.25) is 0 Å². The molecule has 122 valence electrons. The largest absolute Gasteiger partial charge is 0.462 e. The van der Waals surface area contributed by atoms with Crippen LogP contribution in [-0.4, -0.2) is 32.7 Å². The van der Waals surface area contributed by atoms with Crippen molar-refractivity contribution in [3.05, 3.63) is 71.8 Å². The van der Waals surface area contributed by atoms with Gasteiger partial charge < -0.3 is 9.64 Å². The van der Waals surface area contributed by atoms with Crippen molar-refractivity contribution in [1.82, 2.24) is 0 Å². The van der Waals surface area contributed by atoms with E-state index in [4.69, 9.17) is 4.74 Å². The van der Waals surface area contributed by atoms with Gasteiger partial charge in [-0.15, -0.1) is 0 Å². The van der Waals surface area contributed by atoms with Crippen LogP contribution in [0.1, 0.15) is 30.4 Å². The summed E-state index contributed by atoms with van der Waals surface area (Å²) in [7, 11) is 4.20. The summed E-state index contributed by atoms with van der Waals surface area (Å²) < 4.78 is 5.72. The monoisotopic (exact) mass is 312 g/mol. The van der Waals surface area contributed by atoms with Crippen LogP contribution in [0, 0.1) is 0 Å². The smallest absolute Gasteiger partial charge is 0.318 e. The Morgan fingerprint density at radius 3 is 1.87 bits per heavy atom. The van der Waals surface area contributed by atoms with Crippen LogP contribution >= 0.6 is 0 Å². The van der Waals surface area contributed by atoms with Crippen LogP contribution in [0.15, 0.2) is 60.7 Å². The van der Waals surface area contributed by atoms with Crippen molar-refractivity contribution in [2.24, 2.45) is 0 Å². The second kappa shape index (κ2) is 8.49. The zero-order valence-corrected chi connectivity index (χ0v) is 14.2. The number of rotatable bonds is 7. The molecule has 0 spiro atoms. The maximum absolute atomic E-state index is 12.8. The van der Waals surface area contributed by atoms with Crippen LogP contribution in [0.3, 0.4) is 0 Å². The first kappa shape index (κ1) is 17.2. The molecule has 0 unspecified atom stereocenters. The van der Waals surface area contributed by atoms with Crippen LogP contribution in [-0.2, 0) is 9.53 Å². The summed E-state index contributed by atoms with van der Waals surface area (Å²) in [5.74, 6) is -0.546. The molecule has 0 fully saturated rings. The molecule has 0 bridgehead atoms. The van der Waals surface area contributed by atoms with E-state index in [0.717, 1.165) is 24.1 Å². The molecule has 1 N–H and O–H groups in total. The molecule has 3 nitrogen and oxygen atoms in total. The minimum Gasteiger partial charge on any atom is -0.462 e. The van der Waals surface area contributed by atoms with Crippen molar-refractivity contribution in [2.45, 2.75) is 25.4 Å². The van der Waals surface area contributed by atoms with E-state index in [0.29, 0.717) is 0 Å². The third kappa shape index (κ3) is 5.22. The van der Waals surface area contributed by atoms with E-state index < -0.39 is 0 Å². The summed E-state index contributed by atoms with van der Waals surface area (Å²) in [6, 6.07) is 19.7. The van der Waals surface area contributed by atoms with E-state index in [-0.39, 0.29) is 18.0 Å². The summed E-state index contributed by atoms with van der Waals surface area (Å²) in [6.07, 6.45) is 0.789. The van der Waals surface area contributed by atoms with Gasteiger partial charge in [0.2, 0.25) is 0 Å². The van der Waals surface area contributed by atoms with Crippen LogP contribution in [0.5, 0.6) is 0 Å². The highest BCUT2D eigenvalue weighted by atomic mass is 16.5. The molecule has 0 amide bonds. The predicted molar refractivity (Wildman–Crippen MR) is 92.6 cm³/mol. The van der Waals surface area contributed by atoms with Crippen molar-refractivity contribution in [1.29, 1.82) is 0 Å². The Morgan fingerprint density at radius 1 is 0.957 bits per heavy atom. The highest BCUT2D eigenvalue weighted by Crippen LogP contribution is 2.26. The number of carbonyl (C=O) groups is 1. The van der Waals surface area contributed by atoms with E-state index in [9.17, 15) is 4.79 Å². The zero-order chi connectivity index (χ0) is 16.7. The predicted octanol–water partition coefficient (Wildman–Crippen LogP) is 2.28. The second-order valence-corrected chi connectivity index (χ2v) is 6.25. The van der Waals surface area contributed by atoms with Crippen molar-refractivity contribution < 1.29 is 14.4 Å². The van der Waals surface area contributed by atoms with E-state index >= 15 is 0 Å². The van der Waals surface area contributed by atoms with Crippen molar-refractivity contribution in [3.63, 3.8) is 0 Å². The Kier molecular flexibility index (Phi) is 6.36. The molecule has 0 radical (unpaired) electrons. The van der Waals surface area contributed by atoms with Gasteiger partial charge in [-0.1, -0.05) is 60.7 Å². The lowest BCUT2D eigenvalue weighted by molar-refractivity contribution is -0.858. The SMILES string of the molecule is C[C@H](CC[NH+](C)C)OC(=O)C(c1ccccc1)c1ccccc1. The lowest BCUT2D eigenvalue weighted by Crippen LogP contribution is -3.05. The minimum atomic E-state index is -0.369. The Balaban J connectivity index is 2.16. The van der Waals surface area contributed by atoms with Crippen LogP contribution in [0.4, 0.5) is 0 Å². The van der Waals surface area contributed by atoms with Gasteiger partial charge in [-0.2, -0.15) is 0 Å². The highest BCUT2D eigenvalue weighted by Gasteiger charge is 2.25. The van der Waals surface area contributed by atoms with Gasteiger partial charge in [0.05, 0.1) is 20.6 Å². The summed E-state index contributed by atoms with van der Waals surface area (Å²) in [4.78, 5) is 14.1. The van der Waals surface area contributed by atoms with Gasteiger partial charge in [-0.25, -0.2) is 0 Å². The maximum atomic E-state index is 12.8. The van der Waals surface area contributed by atoms with Crippen molar-refractivity contribution >= 4 is 5.97 Å². The van der Waals surface area contributed by atoms with Crippen LogP contribution < -0.4 is 4.90 Å². The number of hydrogen-bond acceptors (Lipinski definition) is 2. The Bertz CT molecular complexity index is 556. The van der Waals surface area contributed by atoms with Gasteiger partial charge in [0.25, 0.3) is 0 Å². The fraction of sp³-hybridized carbons (Fsp3) is 0.350. The van der Waals surface area contributed by atoms with E-state index in [2.05, 4.69) is 14.1 Å². The van der Waals surface area contributed by atoms with E-state index in [1.165, 1.54) is 4.90 Å². The summed E-state index contributed by atoms with van der Waals surface area (Å²) >= 11 is 0. The molecule has 2 aromatic rings. The summed E-state index contributed by atoms with van der Waals surface area (Å²) in [5, 5.41) is 0. The first-order chi connectivity index (χ1) is 11.1. The van der Waals surface area contributed by atoms with Gasteiger partial charge in [0.15, 0.2) is 0 Å². The number of benzene rings is 2. The third-order valence-electron chi connectivity index (χ3n) is 3.87. The number of carbonyl (C=O) groups excluding carboxylic acids is 1. The molecule has 23 heavy (non-hydrogen) atoms. The molecule has 2 aromatic carbocycles. The number of esters is 1. The molecule has 0 aliphatic carbocycles. The average Bonchev–Trinajstić information content (AvgIpc) is 2.55. The Morgan fingerprint density at radius 2 is 1.43 bits per heavy atom. The maximum Gasteiger partial charge on any atom is 0.318 e. The van der Waals surface area contributed by atoms with Gasteiger partial charge in [-0.3, -0.25) is 4.79 Å². The molecule has 3 heteroatoms. The average molecular weight is 312 g/mol. The molecular formula is C20H26NO2+. The van der Waals surface area contributed by atoms with E-state index in [1.54, 1.807) is 0 Å².